The van der Waals surface area contributed by atoms with Crippen LogP contribution in [-0.2, 0) is 11.3 Å². The zero-order valence-electron chi connectivity index (χ0n) is 14.5. The summed E-state index contributed by atoms with van der Waals surface area (Å²) in [5.74, 6) is 2.08. The summed E-state index contributed by atoms with van der Waals surface area (Å²) in [5.41, 5.74) is 0.991. The molecule has 0 aliphatic rings. The van der Waals surface area contributed by atoms with Gasteiger partial charge in [0.1, 0.15) is 6.61 Å². The highest BCUT2D eigenvalue weighted by molar-refractivity contribution is 14.0. The highest BCUT2D eigenvalue weighted by Crippen LogP contribution is 2.13. The summed E-state index contributed by atoms with van der Waals surface area (Å²) in [6.45, 7) is 6.96. The lowest BCUT2D eigenvalue weighted by Crippen LogP contribution is -2.37. The third-order valence-corrected chi connectivity index (χ3v) is 3.06. The van der Waals surface area contributed by atoms with Crippen molar-refractivity contribution in [1.82, 2.24) is 15.6 Å². The van der Waals surface area contributed by atoms with Crippen molar-refractivity contribution in [3.05, 3.63) is 23.9 Å². The highest BCUT2D eigenvalue weighted by atomic mass is 127. The van der Waals surface area contributed by atoms with Gasteiger partial charge in [0.05, 0.1) is 6.61 Å². The molecule has 0 spiro atoms. The minimum Gasteiger partial charge on any atom is -0.475 e. The van der Waals surface area contributed by atoms with Gasteiger partial charge in [-0.15, -0.1) is 24.0 Å². The van der Waals surface area contributed by atoms with Crippen LogP contribution in [0.3, 0.4) is 0 Å². The van der Waals surface area contributed by atoms with Crippen molar-refractivity contribution in [2.75, 3.05) is 33.9 Å². The number of hydrogen-bond acceptors (Lipinski definition) is 4. The van der Waals surface area contributed by atoms with Gasteiger partial charge in [-0.1, -0.05) is 19.9 Å². The first-order valence-electron chi connectivity index (χ1n) is 7.67. The molecule has 0 fully saturated rings. The fraction of sp³-hybridized carbons (Fsp3) is 0.625. The molecular formula is C16H29IN4O2. The van der Waals surface area contributed by atoms with Crippen LogP contribution in [0.5, 0.6) is 5.88 Å². The molecule has 1 heterocycles. The molecule has 0 amide bonds. The molecule has 0 saturated carbocycles. The number of guanidine groups is 1. The Morgan fingerprint density at radius 3 is 2.74 bits per heavy atom. The van der Waals surface area contributed by atoms with Crippen LogP contribution in [0.1, 0.15) is 25.8 Å². The first kappa shape index (κ1) is 21.9. The van der Waals surface area contributed by atoms with E-state index in [9.17, 15) is 0 Å². The predicted octanol–water partition coefficient (Wildman–Crippen LogP) is 2.44. The summed E-state index contributed by atoms with van der Waals surface area (Å²) in [6.07, 6.45) is 2.83. The van der Waals surface area contributed by atoms with Crippen LogP contribution in [0.15, 0.2) is 23.3 Å². The van der Waals surface area contributed by atoms with Crippen LogP contribution >= 0.6 is 24.0 Å². The zero-order valence-corrected chi connectivity index (χ0v) is 16.8. The van der Waals surface area contributed by atoms with Crippen molar-refractivity contribution in [2.24, 2.45) is 10.9 Å². The van der Waals surface area contributed by atoms with Crippen molar-refractivity contribution in [3.8, 4) is 5.88 Å². The second-order valence-corrected chi connectivity index (χ2v) is 5.34. The Labute approximate surface area is 156 Å². The molecule has 0 bridgehead atoms. The van der Waals surface area contributed by atoms with Gasteiger partial charge >= 0.3 is 0 Å². The Hall–Kier alpha value is -1.09. The van der Waals surface area contributed by atoms with Crippen LogP contribution in [0.2, 0.25) is 0 Å². The number of methoxy groups -OCH3 is 1. The molecule has 2 N–H and O–H groups in total. The molecule has 132 valence electrons. The molecule has 0 aliphatic carbocycles. The summed E-state index contributed by atoms with van der Waals surface area (Å²) in [5, 5.41) is 6.58. The van der Waals surface area contributed by atoms with Crippen LogP contribution in [0.25, 0.3) is 0 Å². The second-order valence-electron chi connectivity index (χ2n) is 5.34. The monoisotopic (exact) mass is 436 g/mol. The van der Waals surface area contributed by atoms with E-state index in [1.165, 1.54) is 0 Å². The molecule has 1 rings (SSSR count). The van der Waals surface area contributed by atoms with E-state index in [-0.39, 0.29) is 24.0 Å². The number of aliphatic imine (C=N–C) groups is 1. The van der Waals surface area contributed by atoms with Crippen LogP contribution in [-0.4, -0.2) is 44.9 Å². The zero-order chi connectivity index (χ0) is 16.2. The summed E-state index contributed by atoms with van der Waals surface area (Å²) in [7, 11) is 3.42. The third kappa shape index (κ3) is 9.60. The average Bonchev–Trinajstić information content (AvgIpc) is 2.51. The Kier molecular flexibility index (Phi) is 12.7. The molecule has 0 unspecified atom stereocenters. The standard InChI is InChI=1S/C16H28N4O2.HI/c1-13(2)7-9-19-16(17-3)20-12-14-6-5-8-18-15(14)22-11-10-21-4;/h5-6,8,13H,7,9-12H2,1-4H3,(H2,17,19,20);1H. The Morgan fingerprint density at radius 1 is 1.30 bits per heavy atom. The molecular weight excluding hydrogens is 407 g/mol. The average molecular weight is 436 g/mol. The van der Waals surface area contributed by atoms with Gasteiger partial charge in [-0.2, -0.15) is 0 Å². The van der Waals surface area contributed by atoms with Crippen LogP contribution < -0.4 is 15.4 Å². The maximum absolute atomic E-state index is 5.62. The molecule has 7 heteroatoms. The number of aromatic nitrogens is 1. The van der Waals surface area contributed by atoms with Crippen molar-refractivity contribution in [2.45, 2.75) is 26.8 Å². The molecule has 0 radical (unpaired) electrons. The third-order valence-electron chi connectivity index (χ3n) is 3.06. The second kappa shape index (κ2) is 13.4. The number of nitrogens with zero attached hydrogens (tertiary/aromatic N) is 2. The van der Waals surface area contributed by atoms with Gasteiger partial charge in [0.2, 0.25) is 5.88 Å². The Balaban J connectivity index is 0.00000484. The molecule has 6 nitrogen and oxygen atoms in total. The Morgan fingerprint density at radius 2 is 2.09 bits per heavy atom. The summed E-state index contributed by atoms with van der Waals surface area (Å²) in [6, 6.07) is 3.89. The van der Waals surface area contributed by atoms with Gasteiger partial charge in [0.25, 0.3) is 0 Å². The molecule has 23 heavy (non-hydrogen) atoms. The lowest BCUT2D eigenvalue weighted by molar-refractivity contribution is 0.143. The predicted molar refractivity (Wildman–Crippen MR) is 105 cm³/mol. The number of rotatable bonds is 9. The van der Waals surface area contributed by atoms with Crippen LogP contribution in [0, 0.1) is 5.92 Å². The van der Waals surface area contributed by atoms with Crippen molar-refractivity contribution >= 4 is 29.9 Å². The first-order valence-corrected chi connectivity index (χ1v) is 7.67. The molecule has 0 atom stereocenters. The van der Waals surface area contributed by atoms with E-state index in [2.05, 4.69) is 34.5 Å². The molecule has 1 aromatic rings. The lowest BCUT2D eigenvalue weighted by Gasteiger charge is -2.14. The van der Waals surface area contributed by atoms with Gasteiger partial charge in [-0.3, -0.25) is 4.99 Å². The molecule has 0 aromatic carbocycles. The van der Waals surface area contributed by atoms with E-state index in [4.69, 9.17) is 9.47 Å². The number of halogens is 1. The number of nitrogens with one attached hydrogen (secondary N) is 2. The fourth-order valence-electron chi connectivity index (χ4n) is 1.79. The minimum atomic E-state index is 0. The van der Waals surface area contributed by atoms with Gasteiger partial charge in [0, 0.05) is 39.0 Å². The van der Waals surface area contributed by atoms with Gasteiger partial charge < -0.3 is 20.1 Å². The maximum Gasteiger partial charge on any atom is 0.218 e. The number of hydrogen-bond donors (Lipinski definition) is 2. The minimum absolute atomic E-state index is 0. The van der Waals surface area contributed by atoms with E-state index < -0.39 is 0 Å². The van der Waals surface area contributed by atoms with E-state index in [0.29, 0.717) is 31.6 Å². The molecule has 0 saturated heterocycles. The molecule has 0 aliphatic heterocycles. The topological polar surface area (TPSA) is 67.8 Å². The van der Waals surface area contributed by atoms with E-state index in [1.54, 1.807) is 20.4 Å². The van der Waals surface area contributed by atoms with Crippen LogP contribution in [0.4, 0.5) is 0 Å². The smallest absolute Gasteiger partial charge is 0.218 e. The van der Waals surface area contributed by atoms with E-state index in [1.807, 2.05) is 12.1 Å². The van der Waals surface area contributed by atoms with Crippen molar-refractivity contribution in [3.63, 3.8) is 0 Å². The van der Waals surface area contributed by atoms with Gasteiger partial charge in [0.15, 0.2) is 5.96 Å². The summed E-state index contributed by atoms with van der Waals surface area (Å²) in [4.78, 5) is 8.48. The number of pyridine rings is 1. The molecule has 1 aromatic heterocycles. The first-order chi connectivity index (χ1) is 10.7. The number of ether oxygens (including phenoxy) is 2. The van der Waals surface area contributed by atoms with E-state index >= 15 is 0 Å². The summed E-state index contributed by atoms with van der Waals surface area (Å²) < 4.78 is 10.6. The Bertz CT molecular complexity index is 455. The van der Waals surface area contributed by atoms with E-state index in [0.717, 1.165) is 24.5 Å². The fourth-order valence-corrected chi connectivity index (χ4v) is 1.79. The van der Waals surface area contributed by atoms with Crippen molar-refractivity contribution in [1.29, 1.82) is 0 Å². The maximum atomic E-state index is 5.62. The van der Waals surface area contributed by atoms with Gasteiger partial charge in [-0.25, -0.2) is 4.98 Å². The normalized spacial score (nSPS) is 11.1. The van der Waals surface area contributed by atoms with Crippen molar-refractivity contribution < 1.29 is 9.47 Å². The largest absolute Gasteiger partial charge is 0.475 e. The van der Waals surface area contributed by atoms with Gasteiger partial charge in [-0.05, 0) is 18.4 Å². The SMILES string of the molecule is CN=C(NCCC(C)C)NCc1cccnc1OCCOC.I. The lowest BCUT2D eigenvalue weighted by atomic mass is 10.1. The highest BCUT2D eigenvalue weighted by Gasteiger charge is 2.06. The summed E-state index contributed by atoms with van der Waals surface area (Å²) >= 11 is 0. The quantitative estimate of drug-likeness (QED) is 0.270.